The van der Waals surface area contributed by atoms with E-state index in [0.717, 1.165) is 0 Å². The lowest BCUT2D eigenvalue weighted by Crippen LogP contribution is -2.32. The molecular formula is C9H14O4. The molecule has 0 aliphatic rings. The van der Waals surface area contributed by atoms with E-state index in [2.05, 4.69) is 4.74 Å². The van der Waals surface area contributed by atoms with Crippen LogP contribution >= 0.6 is 0 Å². The number of ketones is 2. The summed E-state index contributed by atoms with van der Waals surface area (Å²) in [6.45, 7) is 4.18. The Morgan fingerprint density at radius 3 is 1.77 bits per heavy atom. The van der Waals surface area contributed by atoms with Gasteiger partial charge in [-0.15, -0.1) is 0 Å². The SMILES string of the molecule is COC(=O)C(C(C)=O)C(C)C(C)=O. The Morgan fingerprint density at radius 2 is 1.54 bits per heavy atom. The second-order valence-electron chi connectivity index (χ2n) is 3.01. The molecule has 0 heterocycles. The maximum Gasteiger partial charge on any atom is 0.316 e. The Labute approximate surface area is 77.3 Å². The smallest absolute Gasteiger partial charge is 0.316 e. The molecule has 0 N–H and O–H groups in total. The molecule has 4 heteroatoms. The molecule has 0 saturated carbocycles. The normalized spacial score (nSPS) is 14.5. The second kappa shape index (κ2) is 4.74. The van der Waals surface area contributed by atoms with Gasteiger partial charge in [-0.25, -0.2) is 0 Å². The van der Waals surface area contributed by atoms with Gasteiger partial charge in [-0.1, -0.05) is 6.92 Å². The Morgan fingerprint density at radius 1 is 1.08 bits per heavy atom. The molecule has 0 spiro atoms. The standard InChI is InChI=1S/C9H14O4/c1-5(6(2)10)8(7(3)11)9(12)13-4/h5,8H,1-4H3. The van der Waals surface area contributed by atoms with Crippen molar-refractivity contribution in [3.05, 3.63) is 0 Å². The fraction of sp³-hybridized carbons (Fsp3) is 0.667. The average Bonchev–Trinajstić information content (AvgIpc) is 2.03. The van der Waals surface area contributed by atoms with E-state index in [1.807, 2.05) is 0 Å². The van der Waals surface area contributed by atoms with E-state index in [-0.39, 0.29) is 11.6 Å². The minimum atomic E-state index is -0.956. The van der Waals surface area contributed by atoms with Crippen molar-refractivity contribution in [3.63, 3.8) is 0 Å². The topological polar surface area (TPSA) is 60.4 Å². The van der Waals surface area contributed by atoms with Crippen LogP contribution in [0.3, 0.4) is 0 Å². The Bertz CT molecular complexity index is 232. The summed E-state index contributed by atoms with van der Waals surface area (Å²) >= 11 is 0. The molecule has 0 radical (unpaired) electrons. The summed E-state index contributed by atoms with van der Waals surface area (Å²) in [4.78, 5) is 33.1. The number of carbonyl (C=O) groups is 3. The van der Waals surface area contributed by atoms with Gasteiger partial charge in [-0.2, -0.15) is 0 Å². The zero-order valence-corrected chi connectivity index (χ0v) is 8.29. The number of esters is 1. The summed E-state index contributed by atoms with van der Waals surface area (Å²) in [5.41, 5.74) is 0. The van der Waals surface area contributed by atoms with Crippen molar-refractivity contribution in [2.24, 2.45) is 11.8 Å². The highest BCUT2D eigenvalue weighted by atomic mass is 16.5. The fourth-order valence-corrected chi connectivity index (χ4v) is 1.08. The van der Waals surface area contributed by atoms with Crippen LogP contribution in [0.15, 0.2) is 0 Å². The fourth-order valence-electron chi connectivity index (χ4n) is 1.08. The predicted octanol–water partition coefficient (Wildman–Crippen LogP) is 0.590. The first kappa shape index (κ1) is 11.8. The number of methoxy groups -OCH3 is 1. The van der Waals surface area contributed by atoms with Crippen LogP contribution in [0.4, 0.5) is 0 Å². The van der Waals surface area contributed by atoms with Gasteiger partial charge in [-0.05, 0) is 13.8 Å². The van der Waals surface area contributed by atoms with Gasteiger partial charge in [0.25, 0.3) is 0 Å². The van der Waals surface area contributed by atoms with Crippen molar-refractivity contribution in [1.82, 2.24) is 0 Å². The van der Waals surface area contributed by atoms with Crippen LogP contribution in [0.2, 0.25) is 0 Å². The first-order valence-electron chi connectivity index (χ1n) is 4.00. The van der Waals surface area contributed by atoms with Crippen LogP contribution in [0.25, 0.3) is 0 Å². The zero-order valence-electron chi connectivity index (χ0n) is 8.29. The van der Waals surface area contributed by atoms with Crippen LogP contribution in [-0.4, -0.2) is 24.6 Å². The van der Waals surface area contributed by atoms with Gasteiger partial charge in [0.1, 0.15) is 17.5 Å². The third-order valence-corrected chi connectivity index (χ3v) is 2.03. The van der Waals surface area contributed by atoms with Gasteiger partial charge in [0, 0.05) is 5.92 Å². The Hall–Kier alpha value is -1.19. The maximum atomic E-state index is 11.1. The molecule has 0 aliphatic heterocycles. The third kappa shape index (κ3) is 2.97. The van der Waals surface area contributed by atoms with Gasteiger partial charge < -0.3 is 4.74 Å². The van der Waals surface area contributed by atoms with Crippen molar-refractivity contribution in [1.29, 1.82) is 0 Å². The third-order valence-electron chi connectivity index (χ3n) is 2.03. The van der Waals surface area contributed by atoms with E-state index in [4.69, 9.17) is 0 Å². The minimum absolute atomic E-state index is 0.189. The lowest BCUT2D eigenvalue weighted by Gasteiger charge is -2.16. The number of ether oxygens (including phenoxy) is 1. The number of rotatable bonds is 4. The number of carbonyl (C=O) groups excluding carboxylic acids is 3. The van der Waals surface area contributed by atoms with Gasteiger partial charge >= 0.3 is 5.97 Å². The first-order valence-corrected chi connectivity index (χ1v) is 4.00. The van der Waals surface area contributed by atoms with Gasteiger partial charge in [0.05, 0.1) is 7.11 Å². The average molecular weight is 186 g/mol. The maximum absolute atomic E-state index is 11.1. The Balaban J connectivity index is 4.71. The summed E-state index contributed by atoms with van der Waals surface area (Å²) in [6.07, 6.45) is 0. The predicted molar refractivity (Wildman–Crippen MR) is 46.0 cm³/mol. The summed E-state index contributed by atoms with van der Waals surface area (Å²) < 4.78 is 4.43. The van der Waals surface area contributed by atoms with Gasteiger partial charge in [-0.3, -0.25) is 14.4 Å². The van der Waals surface area contributed by atoms with Crippen molar-refractivity contribution in [2.45, 2.75) is 20.8 Å². The highest BCUT2D eigenvalue weighted by Gasteiger charge is 2.32. The molecular weight excluding hydrogens is 172 g/mol. The number of hydrogen-bond donors (Lipinski definition) is 0. The molecule has 0 saturated heterocycles. The molecule has 0 amide bonds. The molecule has 2 unspecified atom stereocenters. The molecule has 0 bridgehead atoms. The van der Waals surface area contributed by atoms with Crippen molar-refractivity contribution >= 4 is 17.5 Å². The summed E-state index contributed by atoms with van der Waals surface area (Å²) in [5.74, 6) is -2.73. The van der Waals surface area contributed by atoms with Gasteiger partial charge in [0.15, 0.2) is 0 Å². The lowest BCUT2D eigenvalue weighted by atomic mass is 9.88. The molecule has 13 heavy (non-hydrogen) atoms. The summed E-state index contributed by atoms with van der Waals surface area (Å²) in [5, 5.41) is 0. The molecule has 0 aromatic rings. The van der Waals surface area contributed by atoms with Crippen LogP contribution in [-0.2, 0) is 19.1 Å². The monoisotopic (exact) mass is 186 g/mol. The summed E-state index contributed by atoms with van der Waals surface area (Å²) in [7, 11) is 1.20. The van der Waals surface area contributed by atoms with E-state index in [0.29, 0.717) is 0 Å². The minimum Gasteiger partial charge on any atom is -0.468 e. The molecule has 0 aromatic heterocycles. The molecule has 4 nitrogen and oxygen atoms in total. The first-order chi connectivity index (χ1) is 5.91. The van der Waals surface area contributed by atoms with E-state index >= 15 is 0 Å². The zero-order chi connectivity index (χ0) is 10.6. The molecule has 0 aliphatic carbocycles. The van der Waals surface area contributed by atoms with Gasteiger partial charge in [0.2, 0.25) is 0 Å². The van der Waals surface area contributed by atoms with Crippen LogP contribution < -0.4 is 0 Å². The second-order valence-corrected chi connectivity index (χ2v) is 3.01. The summed E-state index contributed by atoms with van der Waals surface area (Å²) in [6, 6.07) is 0. The van der Waals surface area contributed by atoms with E-state index in [1.165, 1.54) is 21.0 Å². The van der Waals surface area contributed by atoms with E-state index < -0.39 is 17.8 Å². The molecule has 0 rings (SSSR count). The van der Waals surface area contributed by atoms with Crippen LogP contribution in [0.5, 0.6) is 0 Å². The van der Waals surface area contributed by atoms with Crippen molar-refractivity contribution in [2.75, 3.05) is 7.11 Å². The largest absolute Gasteiger partial charge is 0.468 e. The van der Waals surface area contributed by atoms with Crippen LogP contribution in [0, 0.1) is 11.8 Å². The Kier molecular flexibility index (Phi) is 4.31. The van der Waals surface area contributed by atoms with Crippen molar-refractivity contribution < 1.29 is 19.1 Å². The molecule has 0 aromatic carbocycles. The van der Waals surface area contributed by atoms with Crippen LogP contribution in [0.1, 0.15) is 20.8 Å². The lowest BCUT2D eigenvalue weighted by molar-refractivity contribution is -0.153. The quantitative estimate of drug-likeness (QED) is 0.476. The van der Waals surface area contributed by atoms with E-state index in [1.54, 1.807) is 6.92 Å². The molecule has 2 atom stereocenters. The highest BCUT2D eigenvalue weighted by Crippen LogP contribution is 2.15. The molecule has 0 fully saturated rings. The highest BCUT2D eigenvalue weighted by molar-refractivity contribution is 6.02. The van der Waals surface area contributed by atoms with Crippen molar-refractivity contribution in [3.8, 4) is 0 Å². The van der Waals surface area contributed by atoms with E-state index in [9.17, 15) is 14.4 Å². The number of Topliss-reactive ketones (excluding diaryl/α,β-unsaturated/α-hetero) is 2. The number of hydrogen-bond acceptors (Lipinski definition) is 4. The molecule has 74 valence electrons.